The summed E-state index contributed by atoms with van der Waals surface area (Å²) in [4.78, 5) is 0. The third-order valence-electron chi connectivity index (χ3n) is 2.07. The van der Waals surface area contributed by atoms with Gasteiger partial charge in [0.05, 0.1) is 18.1 Å². The van der Waals surface area contributed by atoms with Crippen molar-refractivity contribution >= 4 is 11.6 Å². The van der Waals surface area contributed by atoms with Crippen molar-refractivity contribution in [1.82, 2.24) is 0 Å². The van der Waals surface area contributed by atoms with Crippen LogP contribution in [0.2, 0.25) is 0 Å². The van der Waals surface area contributed by atoms with Crippen LogP contribution in [-0.4, -0.2) is 25.7 Å². The minimum atomic E-state index is -0.351. The van der Waals surface area contributed by atoms with Crippen LogP contribution in [0.25, 0.3) is 0 Å². The monoisotopic (exact) mass is 270 g/mol. The van der Waals surface area contributed by atoms with Crippen LogP contribution >= 0.6 is 11.6 Å². The molecule has 0 spiro atoms. The van der Waals surface area contributed by atoms with E-state index in [0.717, 1.165) is 6.42 Å². The molecule has 0 amide bonds. The highest BCUT2D eigenvalue weighted by molar-refractivity contribution is 6.19. The topological polar surface area (TPSA) is 18.5 Å². The molecule has 0 radical (unpaired) electrons. The first-order valence-electron chi connectivity index (χ1n) is 5.83. The fourth-order valence-corrected chi connectivity index (χ4v) is 1.37. The van der Waals surface area contributed by atoms with Crippen LogP contribution in [-0.2, 0) is 4.74 Å². The minimum absolute atomic E-state index is 0.233. The average Bonchev–Trinajstić information content (AvgIpc) is 2.37. The predicted octanol–water partition coefficient (Wildman–Crippen LogP) is 3.22. The average molecular weight is 271 g/mol. The Morgan fingerprint density at radius 2 is 2.11 bits per heavy atom. The summed E-state index contributed by atoms with van der Waals surface area (Å²) in [7, 11) is 0. The Kier molecular flexibility index (Phi) is 7.24. The van der Waals surface area contributed by atoms with Gasteiger partial charge in [0.15, 0.2) is 0 Å². The van der Waals surface area contributed by atoms with Gasteiger partial charge in [-0.25, -0.2) is 4.39 Å². The first-order valence-corrected chi connectivity index (χ1v) is 6.36. The summed E-state index contributed by atoms with van der Waals surface area (Å²) in [5, 5.41) is 0. The van der Waals surface area contributed by atoms with E-state index < -0.39 is 0 Å². The van der Waals surface area contributed by atoms with E-state index in [0.29, 0.717) is 31.1 Å². The maximum absolute atomic E-state index is 13.1. The van der Waals surface area contributed by atoms with Crippen molar-refractivity contribution in [3.8, 4) is 17.6 Å². The largest absolute Gasteiger partial charge is 0.490 e. The number of halogens is 2. The molecule has 0 unspecified atom stereocenters. The molecule has 1 aromatic rings. The van der Waals surface area contributed by atoms with E-state index in [1.54, 1.807) is 6.07 Å². The molecule has 0 N–H and O–H groups in total. The molecule has 0 bridgehead atoms. The molecule has 4 heteroatoms. The fourth-order valence-electron chi connectivity index (χ4n) is 1.30. The summed E-state index contributed by atoms with van der Waals surface area (Å²) in [5.74, 6) is 5.85. The van der Waals surface area contributed by atoms with E-state index in [-0.39, 0.29) is 11.7 Å². The van der Waals surface area contributed by atoms with E-state index in [4.69, 9.17) is 21.1 Å². The maximum atomic E-state index is 13.1. The Hall–Kier alpha value is -1.24. The molecule has 0 saturated heterocycles. The van der Waals surface area contributed by atoms with E-state index >= 15 is 0 Å². The highest BCUT2D eigenvalue weighted by Gasteiger charge is 2.03. The van der Waals surface area contributed by atoms with Crippen molar-refractivity contribution < 1.29 is 13.9 Å². The van der Waals surface area contributed by atoms with Crippen LogP contribution in [0.3, 0.4) is 0 Å². The zero-order valence-electron chi connectivity index (χ0n) is 10.3. The summed E-state index contributed by atoms with van der Waals surface area (Å²) in [6, 6.07) is 4.24. The summed E-state index contributed by atoms with van der Waals surface area (Å²) in [6.07, 6.45) is 0.965. The van der Waals surface area contributed by atoms with Gasteiger partial charge >= 0.3 is 0 Å². The summed E-state index contributed by atoms with van der Waals surface area (Å²) in [5.41, 5.74) is 0.632. The molecule has 18 heavy (non-hydrogen) atoms. The third kappa shape index (κ3) is 5.39. The predicted molar refractivity (Wildman–Crippen MR) is 70.6 cm³/mol. The number of hydrogen-bond donors (Lipinski definition) is 0. The van der Waals surface area contributed by atoms with Crippen molar-refractivity contribution in [1.29, 1.82) is 0 Å². The maximum Gasteiger partial charge on any atom is 0.137 e. The Balaban J connectivity index is 2.59. The fraction of sp³-hybridized carbons (Fsp3) is 0.429. The molecule has 0 aliphatic carbocycles. The Morgan fingerprint density at radius 3 is 2.83 bits per heavy atom. The van der Waals surface area contributed by atoms with Gasteiger partial charge in [0.25, 0.3) is 0 Å². The summed E-state index contributed by atoms with van der Waals surface area (Å²) >= 11 is 5.49. The van der Waals surface area contributed by atoms with Gasteiger partial charge in [-0.1, -0.05) is 18.8 Å². The van der Waals surface area contributed by atoms with Crippen molar-refractivity contribution in [3.63, 3.8) is 0 Å². The molecule has 0 aliphatic heterocycles. The van der Waals surface area contributed by atoms with Crippen LogP contribution in [0.15, 0.2) is 18.2 Å². The van der Waals surface area contributed by atoms with Crippen molar-refractivity contribution in [3.05, 3.63) is 29.6 Å². The second kappa shape index (κ2) is 8.79. The molecular weight excluding hydrogens is 255 g/mol. The lowest BCUT2D eigenvalue weighted by atomic mass is 10.2. The summed E-state index contributed by atoms with van der Waals surface area (Å²) in [6.45, 7) is 3.59. The van der Waals surface area contributed by atoms with Gasteiger partial charge in [-0.05, 0) is 18.6 Å². The van der Waals surface area contributed by atoms with E-state index in [1.165, 1.54) is 12.1 Å². The number of hydrogen-bond acceptors (Lipinski definition) is 2. The van der Waals surface area contributed by atoms with Crippen LogP contribution in [0.4, 0.5) is 4.39 Å². The lowest BCUT2D eigenvalue weighted by Crippen LogP contribution is -2.08. The quantitative estimate of drug-likeness (QED) is 0.449. The smallest absolute Gasteiger partial charge is 0.137 e. The number of benzene rings is 1. The van der Waals surface area contributed by atoms with Gasteiger partial charge in [-0.15, -0.1) is 11.6 Å². The summed E-state index contributed by atoms with van der Waals surface area (Å²) < 4.78 is 23.8. The Labute approximate surface area is 112 Å². The third-order valence-corrected chi connectivity index (χ3v) is 2.20. The molecule has 0 aliphatic rings. The van der Waals surface area contributed by atoms with Crippen molar-refractivity contribution in [2.45, 2.75) is 13.3 Å². The normalized spacial score (nSPS) is 9.72. The van der Waals surface area contributed by atoms with Gasteiger partial charge in [-0.3, -0.25) is 0 Å². The lowest BCUT2D eigenvalue weighted by molar-refractivity contribution is 0.100. The molecule has 0 saturated carbocycles. The van der Waals surface area contributed by atoms with Gasteiger partial charge in [0, 0.05) is 12.7 Å². The first kappa shape index (κ1) is 14.8. The van der Waals surface area contributed by atoms with Gasteiger partial charge < -0.3 is 9.47 Å². The minimum Gasteiger partial charge on any atom is -0.490 e. The first-order chi connectivity index (χ1) is 8.77. The van der Waals surface area contributed by atoms with E-state index in [2.05, 4.69) is 11.8 Å². The molecule has 0 heterocycles. The second-order valence-corrected chi connectivity index (χ2v) is 3.80. The van der Waals surface area contributed by atoms with Gasteiger partial charge in [-0.2, -0.15) is 0 Å². The molecule has 0 fully saturated rings. The molecule has 98 valence electrons. The highest BCUT2D eigenvalue weighted by Crippen LogP contribution is 2.18. The zero-order valence-corrected chi connectivity index (χ0v) is 11.1. The SMILES string of the molecule is CCCOCCOc1cc(F)ccc1C#CCCl. The number of rotatable bonds is 6. The Morgan fingerprint density at radius 1 is 1.28 bits per heavy atom. The number of ether oxygens (including phenoxy) is 2. The zero-order chi connectivity index (χ0) is 13.2. The van der Waals surface area contributed by atoms with Gasteiger partial charge in [0.1, 0.15) is 18.2 Å². The molecule has 2 nitrogen and oxygen atoms in total. The van der Waals surface area contributed by atoms with Gasteiger partial charge in [0.2, 0.25) is 0 Å². The molecular formula is C14H16ClFO2. The molecule has 1 aromatic carbocycles. The molecule has 0 atom stereocenters. The molecule has 1 rings (SSSR count). The number of alkyl halides is 1. The standard InChI is InChI=1S/C14H16ClFO2/c1-2-8-17-9-10-18-14-11-13(16)6-5-12(14)4-3-7-15/h5-6,11H,2,7-10H2,1H3. The van der Waals surface area contributed by atoms with Crippen LogP contribution in [0.1, 0.15) is 18.9 Å². The van der Waals surface area contributed by atoms with E-state index in [1.807, 2.05) is 6.92 Å². The Bertz CT molecular complexity index is 424. The van der Waals surface area contributed by atoms with Crippen molar-refractivity contribution in [2.24, 2.45) is 0 Å². The lowest BCUT2D eigenvalue weighted by Gasteiger charge is -2.08. The van der Waals surface area contributed by atoms with E-state index in [9.17, 15) is 4.39 Å². The second-order valence-electron chi connectivity index (χ2n) is 3.54. The van der Waals surface area contributed by atoms with Crippen LogP contribution in [0.5, 0.6) is 5.75 Å². The van der Waals surface area contributed by atoms with Crippen LogP contribution in [0, 0.1) is 17.7 Å². The highest BCUT2D eigenvalue weighted by atomic mass is 35.5. The van der Waals surface area contributed by atoms with Crippen molar-refractivity contribution in [2.75, 3.05) is 25.7 Å². The molecule has 0 aromatic heterocycles. The van der Waals surface area contributed by atoms with Crippen LogP contribution < -0.4 is 4.74 Å².